The van der Waals surface area contributed by atoms with Crippen molar-refractivity contribution in [1.82, 2.24) is 9.88 Å². The van der Waals surface area contributed by atoms with E-state index in [9.17, 15) is 9.18 Å². The predicted octanol–water partition coefficient (Wildman–Crippen LogP) is 3.15. The van der Waals surface area contributed by atoms with E-state index in [1.807, 2.05) is 25.9 Å². The molecule has 0 saturated heterocycles. The molecule has 1 unspecified atom stereocenters. The third-order valence-electron chi connectivity index (χ3n) is 3.46. The van der Waals surface area contributed by atoms with Crippen molar-refractivity contribution in [3.05, 3.63) is 45.7 Å². The molecule has 0 bridgehead atoms. The first-order valence-electron chi connectivity index (χ1n) is 8.08. The maximum atomic E-state index is 14.1. The van der Waals surface area contributed by atoms with Gasteiger partial charge in [-0.25, -0.2) is 14.2 Å². The van der Waals surface area contributed by atoms with Crippen LogP contribution in [-0.4, -0.2) is 48.2 Å². The lowest BCUT2D eigenvalue weighted by Gasteiger charge is -2.13. The molecular weight excluding hydrogens is 355 g/mol. The molecule has 1 heterocycles. The van der Waals surface area contributed by atoms with E-state index in [1.54, 1.807) is 12.1 Å². The largest absolute Gasteiger partial charge is 0.490 e. The average Bonchev–Trinajstić information content (AvgIpc) is 3.02. The first-order valence-corrected chi connectivity index (χ1v) is 8.96. The van der Waals surface area contributed by atoms with Crippen molar-refractivity contribution in [3.8, 4) is 17.6 Å². The van der Waals surface area contributed by atoms with Gasteiger partial charge in [-0.1, -0.05) is 18.8 Å². The number of benzene rings is 1. The molecule has 138 valence electrons. The zero-order valence-corrected chi connectivity index (χ0v) is 15.8. The van der Waals surface area contributed by atoms with Crippen LogP contribution in [0.1, 0.15) is 27.9 Å². The molecule has 7 heteroatoms. The first kappa shape index (κ1) is 19.9. The Morgan fingerprint density at radius 1 is 1.46 bits per heavy atom. The number of aromatic nitrogens is 1. The summed E-state index contributed by atoms with van der Waals surface area (Å²) in [5.74, 6) is 4.55. The minimum absolute atomic E-state index is 0.0208. The van der Waals surface area contributed by atoms with Crippen molar-refractivity contribution < 1.29 is 19.0 Å². The summed E-state index contributed by atoms with van der Waals surface area (Å²) in [5, 5.41) is 9.08. The number of hydrogen-bond acceptors (Lipinski definition) is 5. The monoisotopic (exact) mass is 376 g/mol. The second-order valence-electron chi connectivity index (χ2n) is 6.23. The molecule has 26 heavy (non-hydrogen) atoms. The van der Waals surface area contributed by atoms with Crippen LogP contribution in [0.15, 0.2) is 23.7 Å². The Labute approximate surface area is 156 Å². The third-order valence-corrected chi connectivity index (χ3v) is 4.32. The highest BCUT2D eigenvalue weighted by Crippen LogP contribution is 2.21. The van der Waals surface area contributed by atoms with Gasteiger partial charge >= 0.3 is 5.97 Å². The van der Waals surface area contributed by atoms with E-state index in [4.69, 9.17) is 9.84 Å². The Morgan fingerprint density at radius 2 is 2.23 bits per heavy atom. The fraction of sp³-hybridized carbons (Fsp3) is 0.368. The summed E-state index contributed by atoms with van der Waals surface area (Å²) >= 11 is 1.30. The van der Waals surface area contributed by atoms with Gasteiger partial charge in [0.25, 0.3) is 0 Å². The predicted molar refractivity (Wildman–Crippen MR) is 99.3 cm³/mol. The highest BCUT2D eigenvalue weighted by atomic mass is 32.1. The van der Waals surface area contributed by atoms with Gasteiger partial charge in [0.2, 0.25) is 0 Å². The van der Waals surface area contributed by atoms with Crippen molar-refractivity contribution in [2.45, 2.75) is 13.3 Å². The molecule has 1 atom stereocenters. The van der Waals surface area contributed by atoms with Crippen LogP contribution in [0.25, 0.3) is 0 Å². The number of carboxylic acid groups (broad SMARTS) is 1. The van der Waals surface area contributed by atoms with Crippen LogP contribution in [0.5, 0.6) is 5.75 Å². The molecule has 1 N–H and O–H groups in total. The summed E-state index contributed by atoms with van der Waals surface area (Å²) in [6, 6.07) is 4.64. The van der Waals surface area contributed by atoms with Gasteiger partial charge < -0.3 is 9.84 Å². The van der Waals surface area contributed by atoms with Gasteiger partial charge in [0.15, 0.2) is 17.3 Å². The highest BCUT2D eigenvalue weighted by Gasteiger charge is 2.16. The molecule has 2 aromatic rings. The van der Waals surface area contributed by atoms with Gasteiger partial charge in [0.1, 0.15) is 0 Å². The van der Waals surface area contributed by atoms with Crippen LogP contribution in [0.2, 0.25) is 0 Å². The van der Waals surface area contributed by atoms with Crippen molar-refractivity contribution in [3.63, 3.8) is 0 Å². The van der Waals surface area contributed by atoms with E-state index in [2.05, 4.69) is 16.8 Å². The maximum Gasteiger partial charge on any atom is 0.355 e. The van der Waals surface area contributed by atoms with Crippen LogP contribution in [0, 0.1) is 23.6 Å². The topological polar surface area (TPSA) is 62.7 Å². The Hall–Kier alpha value is -2.43. The van der Waals surface area contributed by atoms with Crippen LogP contribution >= 0.6 is 11.3 Å². The van der Waals surface area contributed by atoms with Crippen LogP contribution in [0.3, 0.4) is 0 Å². The fourth-order valence-electron chi connectivity index (χ4n) is 2.19. The lowest BCUT2D eigenvalue weighted by Crippen LogP contribution is -2.13. The number of thiazole rings is 1. The smallest absolute Gasteiger partial charge is 0.355 e. The van der Waals surface area contributed by atoms with Gasteiger partial charge in [-0.3, -0.25) is 4.90 Å². The van der Waals surface area contributed by atoms with Gasteiger partial charge in [0.05, 0.1) is 18.7 Å². The number of nitrogens with zero attached hydrogens (tertiary/aromatic N) is 2. The summed E-state index contributed by atoms with van der Waals surface area (Å²) in [5.41, 5.74) is 2.19. The zero-order valence-electron chi connectivity index (χ0n) is 15.0. The summed E-state index contributed by atoms with van der Waals surface area (Å²) in [4.78, 5) is 17.6. The fourth-order valence-corrected chi connectivity index (χ4v) is 3.11. The number of carbonyl (C=O) groups is 1. The van der Waals surface area contributed by atoms with E-state index >= 15 is 0 Å². The quantitative estimate of drug-likeness (QED) is 0.752. The van der Waals surface area contributed by atoms with E-state index < -0.39 is 11.8 Å². The molecule has 2 rings (SSSR count). The summed E-state index contributed by atoms with van der Waals surface area (Å²) in [6.07, 6.45) is 0.516. The summed E-state index contributed by atoms with van der Waals surface area (Å²) in [6.45, 7) is 2.80. The Bertz CT molecular complexity index is 824. The van der Waals surface area contributed by atoms with Crippen LogP contribution in [-0.2, 0) is 6.42 Å². The highest BCUT2D eigenvalue weighted by molar-refractivity contribution is 7.09. The molecule has 5 nitrogen and oxygen atoms in total. The summed E-state index contributed by atoms with van der Waals surface area (Å²) in [7, 11) is 3.83. The molecule has 0 aliphatic rings. The van der Waals surface area contributed by atoms with E-state index in [0.29, 0.717) is 23.4 Å². The Morgan fingerprint density at radius 3 is 2.88 bits per heavy atom. The van der Waals surface area contributed by atoms with Crippen LogP contribution < -0.4 is 4.74 Å². The third kappa shape index (κ3) is 5.83. The summed E-state index contributed by atoms with van der Waals surface area (Å²) < 4.78 is 19.7. The lowest BCUT2D eigenvalue weighted by atomic mass is 10.1. The molecule has 0 radical (unpaired) electrons. The molecule has 0 aliphatic heterocycles. The number of halogens is 1. The van der Waals surface area contributed by atoms with Crippen molar-refractivity contribution in [1.29, 1.82) is 0 Å². The standard InChI is InChI=1S/C19H21FN2O3S/c1-13(9-17-18(19(23)24)21-12-26-17)11-25-16-7-6-14(10-15(16)20)5-4-8-22(2)3/h6-7,10,12-13H,8-9,11H2,1-3H3,(H,23,24). The van der Waals surface area contributed by atoms with Gasteiger partial charge in [-0.2, -0.15) is 0 Å². The lowest BCUT2D eigenvalue weighted by molar-refractivity contribution is 0.0690. The second kappa shape index (κ2) is 9.32. The molecule has 1 aromatic carbocycles. The molecular formula is C19H21FN2O3S. The van der Waals surface area contributed by atoms with Crippen LogP contribution in [0.4, 0.5) is 4.39 Å². The molecule has 0 aliphatic carbocycles. The van der Waals surface area contributed by atoms with E-state index in [1.165, 1.54) is 22.9 Å². The number of rotatable bonds is 7. The zero-order chi connectivity index (χ0) is 19.1. The molecule has 0 fully saturated rings. The Kier molecular flexibility index (Phi) is 7.13. The number of carboxylic acids is 1. The van der Waals surface area contributed by atoms with Gasteiger partial charge in [0, 0.05) is 10.4 Å². The number of ether oxygens (including phenoxy) is 1. The minimum atomic E-state index is -1.04. The molecule has 1 aromatic heterocycles. The Balaban J connectivity index is 1.93. The van der Waals surface area contributed by atoms with E-state index in [-0.39, 0.29) is 24.0 Å². The van der Waals surface area contributed by atoms with Gasteiger partial charge in [-0.05, 0) is 44.6 Å². The molecule has 0 saturated carbocycles. The first-order chi connectivity index (χ1) is 12.4. The minimum Gasteiger partial charge on any atom is -0.490 e. The van der Waals surface area contributed by atoms with Crippen molar-refractivity contribution in [2.75, 3.05) is 27.2 Å². The van der Waals surface area contributed by atoms with E-state index in [0.717, 1.165) is 0 Å². The second-order valence-corrected chi connectivity index (χ2v) is 7.17. The van der Waals surface area contributed by atoms with Gasteiger partial charge in [-0.15, -0.1) is 11.3 Å². The molecule has 0 amide bonds. The number of aromatic carboxylic acids is 1. The maximum absolute atomic E-state index is 14.1. The van der Waals surface area contributed by atoms with Crippen molar-refractivity contribution in [2.24, 2.45) is 5.92 Å². The number of hydrogen-bond donors (Lipinski definition) is 1. The SMILES string of the molecule is CC(COc1ccc(C#CCN(C)C)cc1F)Cc1scnc1C(=O)O. The van der Waals surface area contributed by atoms with Crippen molar-refractivity contribution >= 4 is 17.3 Å². The molecule has 0 spiro atoms. The normalized spacial score (nSPS) is 11.7. The average molecular weight is 376 g/mol.